The first-order valence-electron chi connectivity index (χ1n) is 10.7. The average Bonchev–Trinajstić information content (AvgIpc) is 2.80. The Balaban J connectivity index is 1.53. The van der Waals surface area contributed by atoms with Crippen LogP contribution in [0.4, 0.5) is 17.3 Å². The van der Waals surface area contributed by atoms with Gasteiger partial charge in [-0.25, -0.2) is 9.97 Å². The van der Waals surface area contributed by atoms with Crippen LogP contribution in [0.3, 0.4) is 0 Å². The maximum atomic E-state index is 11.9. The standard InChI is InChI=1S/C22H30N6O2/c23-21(30)20-22(27-19(12-25-20)28-11-1-2-15(13-28)14-29)26-18-5-3-16(4-6-18)17-7-9-24-10-8-17/h3-6,12,15,17,24,29H,1-2,7-11,13-14H2,(H2,23,30)(H,26,27)/t15-/m1/s1. The number of benzene rings is 1. The molecule has 1 aromatic heterocycles. The Kier molecular flexibility index (Phi) is 6.44. The van der Waals surface area contributed by atoms with Crippen LogP contribution >= 0.6 is 0 Å². The Bertz CT molecular complexity index is 866. The first-order valence-corrected chi connectivity index (χ1v) is 10.7. The number of rotatable bonds is 6. The van der Waals surface area contributed by atoms with Gasteiger partial charge in [-0.1, -0.05) is 12.1 Å². The summed E-state index contributed by atoms with van der Waals surface area (Å²) in [4.78, 5) is 22.9. The smallest absolute Gasteiger partial charge is 0.271 e. The van der Waals surface area contributed by atoms with Crippen LogP contribution in [0.25, 0.3) is 0 Å². The number of carbonyl (C=O) groups is 1. The molecule has 1 aromatic carbocycles. The third kappa shape index (κ3) is 4.71. The molecule has 0 bridgehead atoms. The van der Waals surface area contributed by atoms with E-state index in [0.29, 0.717) is 17.6 Å². The Morgan fingerprint density at radius 3 is 2.70 bits per heavy atom. The Morgan fingerprint density at radius 1 is 1.23 bits per heavy atom. The number of amides is 1. The molecule has 0 spiro atoms. The van der Waals surface area contributed by atoms with Crippen LogP contribution in [0.15, 0.2) is 30.5 Å². The largest absolute Gasteiger partial charge is 0.396 e. The van der Waals surface area contributed by atoms with Gasteiger partial charge in [0.05, 0.1) is 6.20 Å². The summed E-state index contributed by atoms with van der Waals surface area (Å²) in [7, 11) is 0. The van der Waals surface area contributed by atoms with Crippen molar-refractivity contribution in [2.24, 2.45) is 11.7 Å². The first kappa shape index (κ1) is 20.6. The summed E-state index contributed by atoms with van der Waals surface area (Å²) in [6.45, 7) is 3.86. The third-order valence-electron chi connectivity index (χ3n) is 6.08. The quantitative estimate of drug-likeness (QED) is 0.575. The van der Waals surface area contributed by atoms with E-state index in [1.165, 1.54) is 5.56 Å². The van der Waals surface area contributed by atoms with Gasteiger partial charge in [-0.2, -0.15) is 0 Å². The van der Waals surface area contributed by atoms with Crippen LogP contribution in [-0.4, -0.2) is 53.8 Å². The molecule has 0 radical (unpaired) electrons. The van der Waals surface area contributed by atoms with Crippen LogP contribution < -0.4 is 21.3 Å². The lowest BCUT2D eigenvalue weighted by molar-refractivity contribution is 0.0996. The van der Waals surface area contributed by atoms with E-state index in [4.69, 9.17) is 5.73 Å². The number of carbonyl (C=O) groups excluding carboxylic acids is 1. The molecule has 1 atom stereocenters. The summed E-state index contributed by atoms with van der Waals surface area (Å²) >= 11 is 0. The predicted octanol–water partition coefficient (Wildman–Crippen LogP) is 1.99. The third-order valence-corrected chi connectivity index (χ3v) is 6.08. The molecule has 8 heteroatoms. The lowest BCUT2D eigenvalue weighted by atomic mass is 9.90. The van der Waals surface area contributed by atoms with E-state index in [1.54, 1.807) is 6.20 Å². The van der Waals surface area contributed by atoms with Crippen molar-refractivity contribution in [3.63, 3.8) is 0 Å². The molecular formula is C22H30N6O2. The number of primary amides is 1. The van der Waals surface area contributed by atoms with E-state index in [9.17, 15) is 9.90 Å². The molecule has 2 aliphatic heterocycles. The number of hydrogen-bond acceptors (Lipinski definition) is 7. The van der Waals surface area contributed by atoms with Crippen LogP contribution in [0, 0.1) is 5.92 Å². The van der Waals surface area contributed by atoms with Crippen LogP contribution in [0.5, 0.6) is 0 Å². The molecular weight excluding hydrogens is 380 g/mol. The van der Waals surface area contributed by atoms with E-state index >= 15 is 0 Å². The number of piperidine rings is 2. The fourth-order valence-corrected chi connectivity index (χ4v) is 4.35. The number of anilines is 3. The van der Waals surface area contributed by atoms with Gasteiger partial charge in [-0.3, -0.25) is 4.79 Å². The predicted molar refractivity (Wildman–Crippen MR) is 117 cm³/mol. The first-order chi connectivity index (χ1) is 14.6. The van der Waals surface area contributed by atoms with Crippen molar-refractivity contribution >= 4 is 23.2 Å². The van der Waals surface area contributed by atoms with Crippen molar-refractivity contribution in [3.8, 4) is 0 Å². The molecule has 0 saturated carbocycles. The van der Waals surface area contributed by atoms with Crippen LogP contribution in [-0.2, 0) is 0 Å². The normalized spacial score (nSPS) is 20.2. The minimum Gasteiger partial charge on any atom is -0.396 e. The minimum absolute atomic E-state index is 0.122. The molecule has 4 rings (SSSR count). The number of nitrogens with two attached hydrogens (primary N) is 1. The highest BCUT2D eigenvalue weighted by atomic mass is 16.3. The lowest BCUT2D eigenvalue weighted by Gasteiger charge is -2.32. The number of nitrogens with one attached hydrogen (secondary N) is 2. The fourth-order valence-electron chi connectivity index (χ4n) is 4.35. The number of hydrogen-bond donors (Lipinski definition) is 4. The summed E-state index contributed by atoms with van der Waals surface area (Å²) < 4.78 is 0. The van der Waals surface area contributed by atoms with Gasteiger partial charge in [-0.15, -0.1) is 0 Å². The molecule has 2 saturated heterocycles. The second-order valence-electron chi connectivity index (χ2n) is 8.20. The van der Waals surface area contributed by atoms with Crippen LogP contribution in [0.1, 0.15) is 47.7 Å². The van der Waals surface area contributed by atoms with Gasteiger partial charge in [0.2, 0.25) is 0 Å². The zero-order valence-electron chi connectivity index (χ0n) is 17.2. The maximum Gasteiger partial charge on any atom is 0.271 e. The van der Waals surface area contributed by atoms with E-state index in [2.05, 4.69) is 37.6 Å². The summed E-state index contributed by atoms with van der Waals surface area (Å²) in [5.41, 5.74) is 7.82. The topological polar surface area (TPSA) is 116 Å². The van der Waals surface area contributed by atoms with E-state index in [-0.39, 0.29) is 18.2 Å². The summed E-state index contributed by atoms with van der Waals surface area (Å²) in [6.07, 6.45) is 5.89. The lowest BCUT2D eigenvalue weighted by Crippen LogP contribution is -2.37. The number of aliphatic hydroxyl groups excluding tert-OH is 1. The van der Waals surface area contributed by atoms with Gasteiger partial charge in [0.15, 0.2) is 11.5 Å². The van der Waals surface area contributed by atoms with Gasteiger partial charge in [0.1, 0.15) is 5.82 Å². The minimum atomic E-state index is -0.616. The van der Waals surface area contributed by atoms with Gasteiger partial charge < -0.3 is 26.4 Å². The average molecular weight is 411 g/mol. The molecule has 5 N–H and O–H groups in total. The molecule has 8 nitrogen and oxygen atoms in total. The Hall–Kier alpha value is -2.71. The SMILES string of the molecule is NC(=O)c1ncc(N2CCC[C@@H](CO)C2)nc1Nc1ccc(C2CCNCC2)cc1. The van der Waals surface area contributed by atoms with Gasteiger partial charge in [0, 0.05) is 25.4 Å². The summed E-state index contributed by atoms with van der Waals surface area (Å²) in [5, 5.41) is 16.1. The molecule has 2 aromatic rings. The highest BCUT2D eigenvalue weighted by Gasteiger charge is 2.22. The molecule has 160 valence electrons. The zero-order valence-corrected chi connectivity index (χ0v) is 17.2. The zero-order chi connectivity index (χ0) is 20.9. The van der Waals surface area contributed by atoms with E-state index in [1.807, 2.05) is 12.1 Å². The number of aromatic nitrogens is 2. The molecule has 3 heterocycles. The number of nitrogens with zero attached hydrogens (tertiary/aromatic N) is 3. The van der Waals surface area contributed by atoms with Crippen molar-refractivity contribution in [2.45, 2.75) is 31.6 Å². The molecule has 2 fully saturated rings. The van der Waals surface area contributed by atoms with Crippen molar-refractivity contribution in [3.05, 3.63) is 41.7 Å². The molecule has 0 unspecified atom stereocenters. The molecule has 2 aliphatic rings. The molecule has 0 aliphatic carbocycles. The number of aliphatic hydroxyl groups is 1. The monoisotopic (exact) mass is 410 g/mol. The second kappa shape index (κ2) is 9.40. The summed E-state index contributed by atoms with van der Waals surface area (Å²) in [5.74, 6) is 1.25. The van der Waals surface area contributed by atoms with Gasteiger partial charge in [-0.05, 0) is 68.3 Å². The van der Waals surface area contributed by atoms with Gasteiger partial charge >= 0.3 is 0 Å². The molecule has 1 amide bonds. The van der Waals surface area contributed by atoms with Crippen LogP contribution in [0.2, 0.25) is 0 Å². The maximum absolute atomic E-state index is 11.9. The molecule has 30 heavy (non-hydrogen) atoms. The van der Waals surface area contributed by atoms with Crippen molar-refractivity contribution in [2.75, 3.05) is 43.0 Å². The Labute approximate surface area is 176 Å². The van der Waals surface area contributed by atoms with Crippen molar-refractivity contribution in [1.82, 2.24) is 15.3 Å². The van der Waals surface area contributed by atoms with Gasteiger partial charge in [0.25, 0.3) is 5.91 Å². The van der Waals surface area contributed by atoms with Crippen molar-refractivity contribution < 1.29 is 9.90 Å². The van der Waals surface area contributed by atoms with E-state index < -0.39 is 5.91 Å². The summed E-state index contributed by atoms with van der Waals surface area (Å²) in [6, 6.07) is 8.30. The van der Waals surface area contributed by atoms with E-state index in [0.717, 1.165) is 57.5 Å². The Morgan fingerprint density at radius 2 is 2.00 bits per heavy atom. The highest BCUT2D eigenvalue weighted by Crippen LogP contribution is 2.28. The highest BCUT2D eigenvalue weighted by molar-refractivity contribution is 5.96. The fraction of sp³-hybridized carbons (Fsp3) is 0.500. The van der Waals surface area contributed by atoms with Crippen molar-refractivity contribution in [1.29, 1.82) is 0 Å². The second-order valence-corrected chi connectivity index (χ2v) is 8.20.